The van der Waals surface area contributed by atoms with E-state index in [1.807, 2.05) is 13.8 Å². The molecule has 0 atom stereocenters. The van der Waals surface area contributed by atoms with E-state index in [2.05, 4.69) is 0 Å². The predicted octanol–water partition coefficient (Wildman–Crippen LogP) is 2.29. The molecule has 0 unspecified atom stereocenters. The van der Waals surface area contributed by atoms with Gasteiger partial charge in [-0.3, -0.25) is 4.79 Å². The van der Waals surface area contributed by atoms with Crippen LogP contribution in [0, 0.1) is 6.92 Å². The van der Waals surface area contributed by atoms with Crippen molar-refractivity contribution in [2.45, 2.75) is 13.8 Å². The fourth-order valence-corrected chi connectivity index (χ4v) is 1.41. The zero-order valence-corrected chi connectivity index (χ0v) is 9.17. The van der Waals surface area contributed by atoms with Gasteiger partial charge in [-0.1, -0.05) is 0 Å². The Hall–Kier alpha value is -0.960. The van der Waals surface area contributed by atoms with Gasteiger partial charge in [-0.25, -0.2) is 0 Å². The number of furan rings is 1. The fourth-order valence-electron chi connectivity index (χ4n) is 1.21. The number of amides is 1. The average molecular weight is 216 g/mol. The number of hydrogen-bond donors (Lipinski definition) is 0. The highest BCUT2D eigenvalue weighted by Crippen LogP contribution is 2.09. The topological polar surface area (TPSA) is 33.5 Å². The van der Waals surface area contributed by atoms with E-state index in [0.717, 1.165) is 5.76 Å². The first-order chi connectivity index (χ1) is 6.69. The lowest BCUT2D eigenvalue weighted by Gasteiger charge is -2.17. The highest BCUT2D eigenvalue weighted by atomic mass is 35.5. The van der Waals surface area contributed by atoms with Crippen LogP contribution in [0.15, 0.2) is 16.5 Å². The molecule has 0 spiro atoms. The Labute approximate surface area is 88.6 Å². The molecule has 1 rings (SSSR count). The van der Waals surface area contributed by atoms with Crippen LogP contribution in [-0.4, -0.2) is 29.8 Å². The largest absolute Gasteiger partial charge is 0.456 e. The SMILES string of the molecule is CCN(CCCl)C(=O)c1ccc(C)o1. The maximum atomic E-state index is 11.8. The second-order valence-corrected chi connectivity index (χ2v) is 3.36. The number of carbonyl (C=O) groups is 1. The van der Waals surface area contributed by atoms with Crippen molar-refractivity contribution in [2.75, 3.05) is 19.0 Å². The number of alkyl halides is 1. The van der Waals surface area contributed by atoms with E-state index < -0.39 is 0 Å². The van der Waals surface area contributed by atoms with Gasteiger partial charge in [-0.15, -0.1) is 11.6 Å². The summed E-state index contributed by atoms with van der Waals surface area (Å²) in [6.45, 7) is 4.93. The molecule has 78 valence electrons. The summed E-state index contributed by atoms with van der Waals surface area (Å²) in [6, 6.07) is 3.47. The van der Waals surface area contributed by atoms with Crippen LogP contribution in [0.3, 0.4) is 0 Å². The molecule has 0 saturated carbocycles. The summed E-state index contributed by atoms with van der Waals surface area (Å²) < 4.78 is 5.24. The molecule has 1 aromatic rings. The van der Waals surface area contributed by atoms with Gasteiger partial charge >= 0.3 is 0 Å². The maximum Gasteiger partial charge on any atom is 0.289 e. The van der Waals surface area contributed by atoms with Crippen molar-refractivity contribution < 1.29 is 9.21 Å². The lowest BCUT2D eigenvalue weighted by molar-refractivity contribution is 0.0741. The molecule has 0 saturated heterocycles. The Morgan fingerprint density at radius 1 is 1.57 bits per heavy atom. The van der Waals surface area contributed by atoms with E-state index in [-0.39, 0.29) is 5.91 Å². The van der Waals surface area contributed by atoms with E-state index in [4.69, 9.17) is 16.0 Å². The number of halogens is 1. The highest BCUT2D eigenvalue weighted by molar-refractivity contribution is 6.18. The Bertz CT molecular complexity index is 309. The van der Waals surface area contributed by atoms with Crippen LogP contribution in [0.4, 0.5) is 0 Å². The van der Waals surface area contributed by atoms with Gasteiger partial charge in [-0.05, 0) is 26.0 Å². The molecule has 1 amide bonds. The minimum Gasteiger partial charge on any atom is -0.456 e. The van der Waals surface area contributed by atoms with Gasteiger partial charge in [0.15, 0.2) is 5.76 Å². The molecule has 0 bridgehead atoms. The summed E-state index contributed by atoms with van der Waals surface area (Å²) in [5.41, 5.74) is 0. The maximum absolute atomic E-state index is 11.8. The van der Waals surface area contributed by atoms with Crippen molar-refractivity contribution >= 4 is 17.5 Å². The third-order valence-corrected chi connectivity index (χ3v) is 2.14. The van der Waals surface area contributed by atoms with Gasteiger partial charge in [-0.2, -0.15) is 0 Å². The average Bonchev–Trinajstić information content (AvgIpc) is 2.60. The zero-order valence-electron chi connectivity index (χ0n) is 8.42. The third-order valence-electron chi connectivity index (χ3n) is 1.97. The van der Waals surface area contributed by atoms with E-state index >= 15 is 0 Å². The molecule has 0 aliphatic carbocycles. The number of aryl methyl sites for hydroxylation is 1. The van der Waals surface area contributed by atoms with Crippen molar-refractivity contribution in [3.05, 3.63) is 23.7 Å². The van der Waals surface area contributed by atoms with Crippen LogP contribution in [0.5, 0.6) is 0 Å². The van der Waals surface area contributed by atoms with Gasteiger partial charge in [0.1, 0.15) is 5.76 Å². The number of carbonyl (C=O) groups excluding carboxylic acids is 1. The molecule has 4 heteroatoms. The Balaban J connectivity index is 2.72. The third kappa shape index (κ3) is 2.51. The summed E-state index contributed by atoms with van der Waals surface area (Å²) >= 11 is 5.59. The summed E-state index contributed by atoms with van der Waals surface area (Å²) in [6.07, 6.45) is 0. The summed E-state index contributed by atoms with van der Waals surface area (Å²) in [5.74, 6) is 1.48. The number of hydrogen-bond acceptors (Lipinski definition) is 2. The summed E-state index contributed by atoms with van der Waals surface area (Å²) in [4.78, 5) is 13.4. The molecule has 0 N–H and O–H groups in total. The van der Waals surface area contributed by atoms with Gasteiger partial charge in [0.25, 0.3) is 5.91 Å². The van der Waals surface area contributed by atoms with Crippen LogP contribution in [-0.2, 0) is 0 Å². The first-order valence-electron chi connectivity index (χ1n) is 4.60. The molecule has 0 aliphatic heterocycles. The van der Waals surface area contributed by atoms with E-state index in [9.17, 15) is 4.79 Å². The summed E-state index contributed by atoms with van der Waals surface area (Å²) in [5, 5.41) is 0. The van der Waals surface area contributed by atoms with Crippen molar-refractivity contribution in [3.63, 3.8) is 0 Å². The lowest BCUT2D eigenvalue weighted by Crippen LogP contribution is -2.32. The Kier molecular flexibility index (Phi) is 4.01. The minimum atomic E-state index is -0.0961. The summed E-state index contributed by atoms with van der Waals surface area (Å²) in [7, 11) is 0. The molecule has 0 fully saturated rings. The predicted molar refractivity (Wildman–Crippen MR) is 55.7 cm³/mol. The van der Waals surface area contributed by atoms with Crippen LogP contribution >= 0.6 is 11.6 Å². The van der Waals surface area contributed by atoms with Crippen LogP contribution < -0.4 is 0 Å². The number of nitrogens with zero attached hydrogens (tertiary/aromatic N) is 1. The van der Waals surface area contributed by atoms with Gasteiger partial charge in [0.2, 0.25) is 0 Å². The molecule has 1 aromatic heterocycles. The molecular formula is C10H14ClNO2. The van der Waals surface area contributed by atoms with Crippen molar-refractivity contribution in [2.24, 2.45) is 0 Å². The monoisotopic (exact) mass is 215 g/mol. The van der Waals surface area contributed by atoms with Crippen molar-refractivity contribution in [3.8, 4) is 0 Å². The molecule has 14 heavy (non-hydrogen) atoms. The lowest BCUT2D eigenvalue weighted by atomic mass is 10.3. The molecule has 0 aromatic carbocycles. The molecule has 3 nitrogen and oxygen atoms in total. The fraction of sp³-hybridized carbons (Fsp3) is 0.500. The van der Waals surface area contributed by atoms with Gasteiger partial charge < -0.3 is 9.32 Å². The van der Waals surface area contributed by atoms with E-state index in [1.54, 1.807) is 17.0 Å². The van der Waals surface area contributed by atoms with Crippen molar-refractivity contribution in [1.29, 1.82) is 0 Å². The van der Waals surface area contributed by atoms with Crippen molar-refractivity contribution in [1.82, 2.24) is 4.90 Å². The van der Waals surface area contributed by atoms with Gasteiger partial charge in [0.05, 0.1) is 0 Å². The quantitative estimate of drug-likeness (QED) is 0.723. The normalized spacial score (nSPS) is 10.2. The molecule has 0 radical (unpaired) electrons. The molecular weight excluding hydrogens is 202 g/mol. The first-order valence-corrected chi connectivity index (χ1v) is 5.14. The number of rotatable bonds is 4. The highest BCUT2D eigenvalue weighted by Gasteiger charge is 2.16. The van der Waals surface area contributed by atoms with Crippen LogP contribution in [0.1, 0.15) is 23.2 Å². The second-order valence-electron chi connectivity index (χ2n) is 2.98. The van der Waals surface area contributed by atoms with Crippen LogP contribution in [0.25, 0.3) is 0 Å². The molecule has 0 aliphatic rings. The minimum absolute atomic E-state index is 0.0961. The first kappa shape index (κ1) is 11.1. The molecule has 1 heterocycles. The Morgan fingerprint density at radius 2 is 2.29 bits per heavy atom. The Morgan fingerprint density at radius 3 is 2.71 bits per heavy atom. The van der Waals surface area contributed by atoms with E-state index in [0.29, 0.717) is 24.7 Å². The van der Waals surface area contributed by atoms with E-state index in [1.165, 1.54) is 0 Å². The smallest absolute Gasteiger partial charge is 0.289 e. The second kappa shape index (κ2) is 5.05. The zero-order chi connectivity index (χ0) is 10.6. The standard InChI is InChI=1S/C10H14ClNO2/c1-3-12(7-6-11)10(13)9-5-4-8(2)14-9/h4-5H,3,6-7H2,1-2H3. The van der Waals surface area contributed by atoms with Gasteiger partial charge in [0, 0.05) is 19.0 Å². The van der Waals surface area contributed by atoms with Crippen LogP contribution in [0.2, 0.25) is 0 Å².